The van der Waals surface area contributed by atoms with Crippen molar-refractivity contribution < 1.29 is 23.8 Å². The molecule has 1 N–H and O–H groups in total. The van der Waals surface area contributed by atoms with Crippen LogP contribution in [0.1, 0.15) is 22.8 Å². The Bertz CT molecular complexity index is 791. The molecule has 0 fully saturated rings. The van der Waals surface area contributed by atoms with Gasteiger partial charge in [0.2, 0.25) is 0 Å². The number of nitrogens with one attached hydrogen (secondary N) is 1. The van der Waals surface area contributed by atoms with Crippen molar-refractivity contribution in [3.05, 3.63) is 58.6 Å². The van der Waals surface area contributed by atoms with Crippen molar-refractivity contribution in [3.63, 3.8) is 0 Å². The molecule has 0 aromatic heterocycles. The third-order valence-corrected chi connectivity index (χ3v) is 4.22. The molecule has 0 aliphatic heterocycles. The van der Waals surface area contributed by atoms with E-state index in [4.69, 9.17) is 25.8 Å². The minimum absolute atomic E-state index is 0.172. The van der Waals surface area contributed by atoms with Crippen molar-refractivity contribution in [1.82, 2.24) is 0 Å². The second-order valence-electron chi connectivity index (χ2n) is 5.81. The molecule has 0 aliphatic rings. The number of ether oxygens (including phenoxy) is 3. The number of halogens is 1. The Morgan fingerprint density at radius 1 is 1.11 bits per heavy atom. The predicted octanol–water partition coefficient (Wildman–Crippen LogP) is 3.86. The van der Waals surface area contributed by atoms with E-state index in [2.05, 4.69) is 5.32 Å². The second-order valence-corrected chi connectivity index (χ2v) is 6.22. The van der Waals surface area contributed by atoms with Crippen molar-refractivity contribution >= 4 is 29.2 Å². The largest absolute Gasteiger partial charge is 0.479 e. The summed E-state index contributed by atoms with van der Waals surface area (Å²) >= 11 is 6.07. The van der Waals surface area contributed by atoms with E-state index in [1.54, 1.807) is 49.4 Å². The Morgan fingerprint density at radius 3 is 2.48 bits per heavy atom. The molecule has 27 heavy (non-hydrogen) atoms. The maximum absolute atomic E-state index is 12.4. The molecule has 1 atom stereocenters. The van der Waals surface area contributed by atoms with Crippen molar-refractivity contribution in [1.29, 1.82) is 0 Å². The molecule has 2 aromatic carbocycles. The van der Waals surface area contributed by atoms with Gasteiger partial charge in [-0.05, 0) is 55.8 Å². The monoisotopic (exact) mass is 391 g/mol. The quantitative estimate of drug-likeness (QED) is 0.546. The van der Waals surface area contributed by atoms with E-state index < -0.39 is 12.1 Å². The lowest BCUT2D eigenvalue weighted by molar-refractivity contribution is -0.152. The van der Waals surface area contributed by atoms with Gasteiger partial charge >= 0.3 is 5.97 Å². The van der Waals surface area contributed by atoms with E-state index >= 15 is 0 Å². The van der Waals surface area contributed by atoms with Crippen LogP contribution in [0.3, 0.4) is 0 Å². The Labute approximate surface area is 163 Å². The third-order valence-electron chi connectivity index (χ3n) is 3.81. The summed E-state index contributed by atoms with van der Waals surface area (Å²) in [5.41, 5.74) is 1.91. The zero-order valence-electron chi connectivity index (χ0n) is 15.5. The number of anilines is 1. The lowest BCUT2D eigenvalue weighted by Crippen LogP contribution is -2.27. The summed E-state index contributed by atoms with van der Waals surface area (Å²) in [7, 11) is 1.53. The average molecular weight is 392 g/mol. The molecule has 0 bridgehead atoms. The molecule has 2 rings (SSSR count). The summed E-state index contributed by atoms with van der Waals surface area (Å²) in [5.74, 6) is -0.286. The third kappa shape index (κ3) is 5.98. The molecule has 1 unspecified atom stereocenters. The first-order valence-corrected chi connectivity index (χ1v) is 8.79. The molecular formula is C20H22ClNO5. The van der Waals surface area contributed by atoms with Crippen LogP contribution in [-0.2, 0) is 14.3 Å². The molecule has 0 spiro atoms. The van der Waals surface area contributed by atoms with Gasteiger partial charge < -0.3 is 19.5 Å². The number of amides is 1. The standard InChI is InChI=1S/C20H22ClNO5/c1-13-17(21)5-4-6-18(13)22-19(23)15-7-9-16(10-8-15)27-14(2)20(24)26-12-11-25-3/h4-10,14H,11-12H2,1-3H3,(H,22,23). The highest BCUT2D eigenvalue weighted by Crippen LogP contribution is 2.23. The highest BCUT2D eigenvalue weighted by atomic mass is 35.5. The van der Waals surface area contributed by atoms with Gasteiger partial charge in [-0.2, -0.15) is 0 Å². The fraction of sp³-hybridized carbons (Fsp3) is 0.300. The van der Waals surface area contributed by atoms with Crippen LogP contribution in [0.4, 0.5) is 5.69 Å². The zero-order valence-corrected chi connectivity index (χ0v) is 16.2. The molecule has 0 saturated heterocycles. The SMILES string of the molecule is COCCOC(=O)C(C)Oc1ccc(C(=O)Nc2cccc(Cl)c2C)cc1. The summed E-state index contributed by atoms with van der Waals surface area (Å²) < 4.78 is 15.4. The predicted molar refractivity (Wildman–Crippen MR) is 104 cm³/mol. The molecule has 7 heteroatoms. The Hall–Kier alpha value is -2.57. The Morgan fingerprint density at radius 2 is 1.81 bits per heavy atom. The van der Waals surface area contributed by atoms with Crippen LogP contribution < -0.4 is 10.1 Å². The van der Waals surface area contributed by atoms with Crippen LogP contribution in [0, 0.1) is 6.92 Å². The first-order valence-electron chi connectivity index (χ1n) is 8.41. The molecule has 2 aromatic rings. The number of methoxy groups -OCH3 is 1. The Kier molecular flexibility index (Phi) is 7.64. The number of esters is 1. The van der Waals surface area contributed by atoms with Gasteiger partial charge in [0.1, 0.15) is 12.4 Å². The minimum Gasteiger partial charge on any atom is -0.479 e. The Balaban J connectivity index is 1.95. The van der Waals surface area contributed by atoms with Gasteiger partial charge in [0.25, 0.3) is 5.91 Å². The number of hydrogen-bond acceptors (Lipinski definition) is 5. The van der Waals surface area contributed by atoms with E-state index in [1.807, 2.05) is 6.92 Å². The highest BCUT2D eigenvalue weighted by Gasteiger charge is 2.16. The second kappa shape index (κ2) is 9.94. The summed E-state index contributed by atoms with van der Waals surface area (Å²) in [4.78, 5) is 24.2. The van der Waals surface area contributed by atoms with Gasteiger partial charge in [-0.3, -0.25) is 4.79 Å². The van der Waals surface area contributed by atoms with Gasteiger partial charge in [0, 0.05) is 23.4 Å². The summed E-state index contributed by atoms with van der Waals surface area (Å²) in [6.45, 7) is 3.93. The topological polar surface area (TPSA) is 73.9 Å². The van der Waals surface area contributed by atoms with Gasteiger partial charge in [-0.15, -0.1) is 0 Å². The molecule has 0 aliphatic carbocycles. The maximum Gasteiger partial charge on any atom is 0.347 e. The normalized spacial score (nSPS) is 11.6. The van der Waals surface area contributed by atoms with E-state index in [1.165, 1.54) is 7.11 Å². The average Bonchev–Trinajstić information content (AvgIpc) is 2.66. The van der Waals surface area contributed by atoms with Gasteiger partial charge in [-0.1, -0.05) is 17.7 Å². The van der Waals surface area contributed by atoms with Crippen LogP contribution in [0.15, 0.2) is 42.5 Å². The molecule has 0 saturated carbocycles. The lowest BCUT2D eigenvalue weighted by Gasteiger charge is -2.14. The van der Waals surface area contributed by atoms with Crippen LogP contribution in [0.25, 0.3) is 0 Å². The van der Waals surface area contributed by atoms with Crippen LogP contribution in [-0.4, -0.2) is 38.3 Å². The number of rotatable bonds is 8. The fourth-order valence-electron chi connectivity index (χ4n) is 2.22. The van der Waals surface area contributed by atoms with Crippen molar-refractivity contribution in [2.75, 3.05) is 25.6 Å². The lowest BCUT2D eigenvalue weighted by atomic mass is 10.1. The van der Waals surface area contributed by atoms with Gasteiger partial charge in [-0.25, -0.2) is 4.79 Å². The van der Waals surface area contributed by atoms with E-state index in [0.29, 0.717) is 28.6 Å². The first-order chi connectivity index (χ1) is 12.9. The van der Waals surface area contributed by atoms with E-state index in [9.17, 15) is 9.59 Å². The summed E-state index contributed by atoms with van der Waals surface area (Å²) in [6.07, 6.45) is -0.768. The van der Waals surface area contributed by atoms with Crippen LogP contribution >= 0.6 is 11.6 Å². The molecule has 1 amide bonds. The van der Waals surface area contributed by atoms with E-state index in [-0.39, 0.29) is 12.5 Å². The minimum atomic E-state index is -0.768. The number of hydrogen-bond donors (Lipinski definition) is 1. The van der Waals surface area contributed by atoms with Crippen LogP contribution in [0.5, 0.6) is 5.75 Å². The summed E-state index contributed by atoms with van der Waals surface area (Å²) in [5, 5.41) is 3.41. The van der Waals surface area contributed by atoms with Gasteiger partial charge in [0.15, 0.2) is 6.10 Å². The molecule has 6 nitrogen and oxygen atoms in total. The van der Waals surface area contributed by atoms with Gasteiger partial charge in [0.05, 0.1) is 6.61 Å². The first kappa shape index (κ1) is 20.7. The summed E-state index contributed by atoms with van der Waals surface area (Å²) in [6, 6.07) is 11.8. The molecule has 0 radical (unpaired) electrons. The van der Waals surface area contributed by atoms with Crippen molar-refractivity contribution in [3.8, 4) is 5.75 Å². The highest BCUT2D eigenvalue weighted by molar-refractivity contribution is 6.31. The van der Waals surface area contributed by atoms with Crippen LogP contribution in [0.2, 0.25) is 5.02 Å². The number of benzene rings is 2. The molecule has 144 valence electrons. The molecular weight excluding hydrogens is 370 g/mol. The smallest absolute Gasteiger partial charge is 0.347 e. The number of carbonyl (C=O) groups is 2. The van der Waals surface area contributed by atoms with Crippen molar-refractivity contribution in [2.24, 2.45) is 0 Å². The fourth-order valence-corrected chi connectivity index (χ4v) is 2.39. The van der Waals surface area contributed by atoms with E-state index in [0.717, 1.165) is 5.56 Å². The zero-order chi connectivity index (χ0) is 19.8. The maximum atomic E-state index is 12.4. The molecule has 0 heterocycles. The van der Waals surface area contributed by atoms with Crippen molar-refractivity contribution in [2.45, 2.75) is 20.0 Å². The number of carbonyl (C=O) groups excluding carboxylic acids is 2.